The largest absolute Gasteiger partial charge is 0.493 e. The number of carbonyl (C=O) groups is 1. The molecule has 0 unspecified atom stereocenters. The Morgan fingerprint density at radius 3 is 2.28 bits per heavy atom. The first kappa shape index (κ1) is 14.6. The molecule has 0 atom stereocenters. The second-order valence-electron chi connectivity index (χ2n) is 4.31. The number of rotatable bonds is 6. The maximum Gasteiger partial charge on any atom is 0.300 e. The number of halogens is 2. The van der Waals surface area contributed by atoms with Crippen molar-refractivity contribution < 1.29 is 18.3 Å². The summed E-state index contributed by atoms with van der Waals surface area (Å²) in [7, 11) is 0. The molecule has 0 saturated heterocycles. The summed E-state index contributed by atoms with van der Waals surface area (Å²) in [6, 6.07) is 2.92. The highest BCUT2D eigenvalue weighted by Gasteiger charge is 2.19. The van der Waals surface area contributed by atoms with Gasteiger partial charge in [-0.05, 0) is 43.5 Å². The Kier molecular flexibility index (Phi) is 5.25. The highest BCUT2D eigenvalue weighted by molar-refractivity contribution is 5.99. The summed E-state index contributed by atoms with van der Waals surface area (Å²) in [5.41, 5.74) is 1.48. The molecule has 0 bridgehead atoms. The van der Waals surface area contributed by atoms with Crippen LogP contribution in [0.15, 0.2) is 12.1 Å². The lowest BCUT2D eigenvalue weighted by molar-refractivity contribution is 0.0678. The van der Waals surface area contributed by atoms with Crippen molar-refractivity contribution in [1.29, 1.82) is 0 Å². The third-order valence-corrected chi connectivity index (χ3v) is 2.69. The zero-order valence-corrected chi connectivity index (χ0v) is 10.9. The standard InChI is InChI=1S/C14H18F2O2/c1-4-5-6-18-13-9(2)7-11(8-10(13)3)12(17)14(15)16/h7-8,14H,4-6H2,1-3H3. The average Bonchev–Trinajstić information content (AvgIpc) is 2.31. The van der Waals surface area contributed by atoms with E-state index in [0.717, 1.165) is 24.0 Å². The van der Waals surface area contributed by atoms with Crippen LogP contribution in [-0.2, 0) is 0 Å². The zero-order chi connectivity index (χ0) is 13.7. The molecule has 0 amide bonds. The average molecular weight is 256 g/mol. The van der Waals surface area contributed by atoms with E-state index in [9.17, 15) is 13.6 Å². The molecule has 0 spiro atoms. The van der Waals surface area contributed by atoms with Gasteiger partial charge >= 0.3 is 6.43 Å². The van der Waals surface area contributed by atoms with Crippen LogP contribution in [0.3, 0.4) is 0 Å². The molecule has 1 aromatic carbocycles. The van der Waals surface area contributed by atoms with E-state index in [-0.39, 0.29) is 5.56 Å². The van der Waals surface area contributed by atoms with E-state index >= 15 is 0 Å². The Balaban J connectivity index is 2.94. The lowest BCUT2D eigenvalue weighted by atomic mass is 10.0. The van der Waals surface area contributed by atoms with Gasteiger partial charge in [-0.15, -0.1) is 0 Å². The number of Topliss-reactive ketones (excluding diaryl/α,β-unsaturated/α-hetero) is 1. The van der Waals surface area contributed by atoms with Crippen LogP contribution in [0.1, 0.15) is 41.3 Å². The molecule has 0 N–H and O–H groups in total. The van der Waals surface area contributed by atoms with Crippen molar-refractivity contribution in [2.45, 2.75) is 40.0 Å². The Labute approximate surface area is 106 Å². The number of unbranched alkanes of at least 4 members (excludes halogenated alkanes) is 1. The number of ketones is 1. The molecule has 0 radical (unpaired) electrons. The lowest BCUT2D eigenvalue weighted by Gasteiger charge is -2.13. The molecule has 0 saturated carbocycles. The van der Waals surface area contributed by atoms with E-state index < -0.39 is 12.2 Å². The van der Waals surface area contributed by atoms with Crippen LogP contribution in [0, 0.1) is 13.8 Å². The van der Waals surface area contributed by atoms with Gasteiger partial charge in [0.25, 0.3) is 0 Å². The second kappa shape index (κ2) is 6.47. The van der Waals surface area contributed by atoms with Crippen molar-refractivity contribution in [2.24, 2.45) is 0 Å². The molecule has 0 aliphatic carbocycles. The Morgan fingerprint density at radius 2 is 1.83 bits per heavy atom. The summed E-state index contributed by atoms with van der Waals surface area (Å²) in [6.07, 6.45) is -0.993. The summed E-state index contributed by atoms with van der Waals surface area (Å²) in [5, 5.41) is 0. The molecule has 2 nitrogen and oxygen atoms in total. The number of benzene rings is 1. The minimum atomic E-state index is -2.96. The van der Waals surface area contributed by atoms with E-state index in [1.165, 1.54) is 12.1 Å². The van der Waals surface area contributed by atoms with E-state index in [1.54, 1.807) is 13.8 Å². The van der Waals surface area contributed by atoms with Crippen molar-refractivity contribution in [2.75, 3.05) is 6.61 Å². The molecule has 1 rings (SSSR count). The molecule has 0 aliphatic rings. The Bertz CT molecular complexity index is 405. The molecular formula is C14H18F2O2. The predicted molar refractivity (Wildman–Crippen MR) is 66.7 cm³/mol. The predicted octanol–water partition coefficient (Wildman–Crippen LogP) is 3.93. The summed E-state index contributed by atoms with van der Waals surface area (Å²) >= 11 is 0. The molecule has 1 aromatic rings. The van der Waals surface area contributed by atoms with Crippen LogP contribution in [0.5, 0.6) is 5.75 Å². The van der Waals surface area contributed by atoms with Crippen LogP contribution in [0.2, 0.25) is 0 Å². The van der Waals surface area contributed by atoms with Gasteiger partial charge in [0.2, 0.25) is 5.78 Å². The molecule has 0 aliphatic heterocycles. The van der Waals surface area contributed by atoms with Gasteiger partial charge < -0.3 is 4.74 Å². The summed E-state index contributed by atoms with van der Waals surface area (Å²) in [5.74, 6) is -0.449. The first-order chi connectivity index (χ1) is 8.47. The monoisotopic (exact) mass is 256 g/mol. The third kappa shape index (κ3) is 3.52. The fraction of sp³-hybridized carbons (Fsp3) is 0.500. The van der Waals surface area contributed by atoms with E-state index in [1.807, 2.05) is 0 Å². The molecule has 100 valence electrons. The van der Waals surface area contributed by atoms with Gasteiger partial charge in [0.15, 0.2) is 0 Å². The highest BCUT2D eigenvalue weighted by atomic mass is 19.3. The van der Waals surface area contributed by atoms with Crippen LogP contribution in [-0.4, -0.2) is 18.8 Å². The van der Waals surface area contributed by atoms with Gasteiger partial charge in [-0.25, -0.2) is 8.78 Å². The zero-order valence-electron chi connectivity index (χ0n) is 10.9. The summed E-state index contributed by atoms with van der Waals surface area (Å²) < 4.78 is 30.3. The third-order valence-electron chi connectivity index (χ3n) is 2.69. The minimum Gasteiger partial charge on any atom is -0.493 e. The van der Waals surface area contributed by atoms with Gasteiger partial charge in [-0.3, -0.25) is 4.79 Å². The van der Waals surface area contributed by atoms with Crippen molar-refractivity contribution in [3.8, 4) is 5.75 Å². The number of hydrogen-bond acceptors (Lipinski definition) is 2. The fourth-order valence-corrected chi connectivity index (χ4v) is 1.76. The molecule has 0 heterocycles. The van der Waals surface area contributed by atoms with E-state index in [0.29, 0.717) is 12.4 Å². The molecule has 4 heteroatoms. The van der Waals surface area contributed by atoms with Crippen LogP contribution < -0.4 is 4.74 Å². The number of ether oxygens (including phenoxy) is 1. The maximum absolute atomic E-state index is 12.3. The van der Waals surface area contributed by atoms with Crippen molar-refractivity contribution in [3.05, 3.63) is 28.8 Å². The SMILES string of the molecule is CCCCOc1c(C)cc(C(=O)C(F)F)cc1C. The van der Waals surface area contributed by atoms with Crippen molar-refractivity contribution >= 4 is 5.78 Å². The lowest BCUT2D eigenvalue weighted by Crippen LogP contribution is -2.11. The number of alkyl halides is 2. The van der Waals surface area contributed by atoms with Gasteiger partial charge in [-0.2, -0.15) is 0 Å². The Morgan fingerprint density at radius 1 is 1.28 bits per heavy atom. The van der Waals surface area contributed by atoms with Gasteiger partial charge in [0, 0.05) is 5.56 Å². The summed E-state index contributed by atoms with van der Waals surface area (Å²) in [4.78, 5) is 11.2. The van der Waals surface area contributed by atoms with E-state index in [2.05, 4.69) is 6.92 Å². The topological polar surface area (TPSA) is 26.3 Å². The van der Waals surface area contributed by atoms with Crippen molar-refractivity contribution in [3.63, 3.8) is 0 Å². The first-order valence-electron chi connectivity index (χ1n) is 6.03. The highest BCUT2D eigenvalue weighted by Crippen LogP contribution is 2.26. The molecule has 0 fully saturated rings. The minimum absolute atomic E-state index is 0.0443. The second-order valence-corrected chi connectivity index (χ2v) is 4.31. The Hall–Kier alpha value is -1.45. The molecule has 0 aromatic heterocycles. The van der Waals surface area contributed by atoms with Gasteiger partial charge in [0.1, 0.15) is 5.75 Å². The molecular weight excluding hydrogens is 238 g/mol. The van der Waals surface area contributed by atoms with Crippen LogP contribution in [0.4, 0.5) is 8.78 Å². The van der Waals surface area contributed by atoms with Crippen LogP contribution in [0.25, 0.3) is 0 Å². The number of hydrogen-bond donors (Lipinski definition) is 0. The van der Waals surface area contributed by atoms with E-state index in [4.69, 9.17) is 4.74 Å². The maximum atomic E-state index is 12.3. The fourth-order valence-electron chi connectivity index (χ4n) is 1.76. The number of aryl methyl sites for hydroxylation is 2. The quantitative estimate of drug-likeness (QED) is 0.569. The number of carbonyl (C=O) groups excluding carboxylic acids is 1. The normalized spacial score (nSPS) is 10.8. The van der Waals surface area contributed by atoms with Gasteiger partial charge in [-0.1, -0.05) is 13.3 Å². The van der Waals surface area contributed by atoms with Gasteiger partial charge in [0.05, 0.1) is 6.61 Å². The smallest absolute Gasteiger partial charge is 0.300 e. The van der Waals surface area contributed by atoms with Crippen LogP contribution >= 0.6 is 0 Å². The summed E-state index contributed by atoms with van der Waals surface area (Å²) in [6.45, 7) is 6.18. The van der Waals surface area contributed by atoms with Crippen molar-refractivity contribution in [1.82, 2.24) is 0 Å². The molecule has 18 heavy (non-hydrogen) atoms. The first-order valence-corrected chi connectivity index (χ1v) is 6.03.